The van der Waals surface area contributed by atoms with Gasteiger partial charge in [-0.05, 0) is 30.3 Å². The third-order valence-electron chi connectivity index (χ3n) is 5.15. The fourth-order valence-electron chi connectivity index (χ4n) is 3.41. The summed E-state index contributed by atoms with van der Waals surface area (Å²) in [5, 5.41) is 20.5. The molecule has 1 saturated heterocycles. The minimum absolute atomic E-state index is 0.135. The molecule has 1 aliphatic heterocycles. The third-order valence-corrected chi connectivity index (χ3v) is 5.15. The number of carbonyl (C=O) groups is 2. The van der Waals surface area contributed by atoms with E-state index in [9.17, 15) is 19.8 Å². The number of aromatic carboxylic acids is 1. The van der Waals surface area contributed by atoms with Gasteiger partial charge in [0.1, 0.15) is 5.75 Å². The average molecular weight is 417 g/mol. The van der Waals surface area contributed by atoms with E-state index in [0.717, 1.165) is 0 Å². The molecule has 31 heavy (non-hydrogen) atoms. The maximum absolute atomic E-state index is 12.1. The summed E-state index contributed by atoms with van der Waals surface area (Å²) in [5.74, 6) is 4.65. The van der Waals surface area contributed by atoms with Crippen LogP contribution in [0.3, 0.4) is 0 Å². The smallest absolute Gasteiger partial charge is 0.355 e. The molecule has 2 N–H and O–H groups in total. The number of aliphatic hydroxyl groups is 1. The number of carbonyl (C=O) groups excluding carboxylic acids is 1. The van der Waals surface area contributed by atoms with Gasteiger partial charge in [-0.3, -0.25) is 4.79 Å². The average Bonchev–Trinajstić information content (AvgIpc) is 3.04. The number of amides is 1. The Morgan fingerprint density at radius 1 is 1.23 bits per heavy atom. The van der Waals surface area contributed by atoms with Gasteiger partial charge in [0.15, 0.2) is 11.5 Å². The summed E-state index contributed by atoms with van der Waals surface area (Å²) in [4.78, 5) is 34.1. The van der Waals surface area contributed by atoms with Crippen molar-refractivity contribution in [2.45, 2.75) is 12.0 Å². The zero-order chi connectivity index (χ0) is 22.2. The van der Waals surface area contributed by atoms with E-state index < -0.39 is 17.5 Å². The number of nitrogens with zero attached hydrogens (tertiary/aromatic N) is 3. The number of carboxylic acids is 1. The van der Waals surface area contributed by atoms with E-state index in [2.05, 4.69) is 21.8 Å². The number of hydrogen-bond donors (Lipinski definition) is 2. The van der Waals surface area contributed by atoms with E-state index in [4.69, 9.17) is 4.74 Å². The fourth-order valence-corrected chi connectivity index (χ4v) is 3.41. The number of benzene rings is 2. The van der Waals surface area contributed by atoms with Gasteiger partial charge in [-0.2, -0.15) is 0 Å². The number of fused-ring (bicyclic) bond motifs is 1. The molecule has 4 rings (SSSR count). The Morgan fingerprint density at radius 3 is 2.71 bits per heavy atom. The van der Waals surface area contributed by atoms with E-state index >= 15 is 0 Å². The van der Waals surface area contributed by atoms with E-state index in [1.165, 1.54) is 12.0 Å². The molecule has 1 atom stereocenters. The summed E-state index contributed by atoms with van der Waals surface area (Å²) in [6.45, 7) is 0.442. The first-order chi connectivity index (χ1) is 14.8. The fraction of sp³-hybridized carbons (Fsp3) is 0.217. The van der Waals surface area contributed by atoms with Gasteiger partial charge < -0.3 is 19.8 Å². The van der Waals surface area contributed by atoms with Crippen molar-refractivity contribution in [3.63, 3.8) is 0 Å². The lowest BCUT2D eigenvalue weighted by Crippen LogP contribution is -2.37. The van der Waals surface area contributed by atoms with Crippen molar-refractivity contribution in [3.05, 3.63) is 53.7 Å². The summed E-state index contributed by atoms with van der Waals surface area (Å²) in [6, 6.07) is 11.8. The van der Waals surface area contributed by atoms with Crippen LogP contribution in [0.2, 0.25) is 0 Å². The van der Waals surface area contributed by atoms with Crippen molar-refractivity contribution >= 4 is 22.8 Å². The highest BCUT2D eigenvalue weighted by atomic mass is 16.5. The van der Waals surface area contributed by atoms with Crippen LogP contribution >= 0.6 is 0 Å². The highest BCUT2D eigenvalue weighted by molar-refractivity contribution is 6.01. The SMILES string of the molecule is COc1ccc2nc(-c3cccc(C#CC4(O)CCN(C)C4=O)c3)nc(C(=O)O)c2c1. The molecular weight excluding hydrogens is 398 g/mol. The monoisotopic (exact) mass is 417 g/mol. The Kier molecular flexibility index (Phi) is 5.05. The molecular formula is C23H19N3O5. The number of likely N-dealkylation sites (N-methyl/N-ethyl adjacent to an activating group) is 1. The van der Waals surface area contributed by atoms with E-state index in [0.29, 0.717) is 34.3 Å². The van der Waals surface area contributed by atoms with E-state index in [1.54, 1.807) is 49.5 Å². The highest BCUT2D eigenvalue weighted by Gasteiger charge is 2.42. The highest BCUT2D eigenvalue weighted by Crippen LogP contribution is 2.26. The molecule has 1 aliphatic rings. The number of carboxylic acid groups (broad SMARTS) is 1. The van der Waals surface area contributed by atoms with Gasteiger partial charge in [-0.1, -0.05) is 24.0 Å². The van der Waals surface area contributed by atoms with Crippen molar-refractivity contribution in [1.29, 1.82) is 0 Å². The molecule has 2 heterocycles. The van der Waals surface area contributed by atoms with E-state index in [-0.39, 0.29) is 17.9 Å². The molecule has 0 radical (unpaired) electrons. The lowest BCUT2D eigenvalue weighted by Gasteiger charge is -2.13. The lowest BCUT2D eigenvalue weighted by atomic mass is 10.0. The Labute approximate surface area is 178 Å². The topological polar surface area (TPSA) is 113 Å². The standard InChI is InChI=1S/C23H19N3O5/c1-26-11-10-23(30,22(26)29)9-8-14-4-3-5-15(12-14)20-24-18-7-6-16(31-2)13-17(18)19(25-20)21(27)28/h3-7,12-13,30H,10-11H2,1-2H3,(H,27,28). The Hall–Kier alpha value is -3.96. The van der Waals surface area contributed by atoms with Crippen LogP contribution in [0.4, 0.5) is 0 Å². The van der Waals surface area contributed by atoms with Crippen LogP contribution in [0, 0.1) is 11.8 Å². The normalized spacial score (nSPS) is 18.0. The maximum atomic E-state index is 12.1. The number of rotatable bonds is 3. The minimum Gasteiger partial charge on any atom is -0.497 e. The largest absolute Gasteiger partial charge is 0.497 e. The van der Waals surface area contributed by atoms with Crippen molar-refractivity contribution in [3.8, 4) is 29.0 Å². The minimum atomic E-state index is -1.69. The molecule has 1 unspecified atom stereocenters. The number of ether oxygens (including phenoxy) is 1. The number of methoxy groups -OCH3 is 1. The second-order valence-electron chi connectivity index (χ2n) is 7.25. The summed E-state index contributed by atoms with van der Waals surface area (Å²) >= 11 is 0. The van der Waals surface area contributed by atoms with Crippen LogP contribution in [0.1, 0.15) is 22.5 Å². The third kappa shape index (κ3) is 3.79. The first kappa shape index (κ1) is 20.3. The first-order valence-corrected chi connectivity index (χ1v) is 9.51. The van der Waals surface area contributed by atoms with Crippen molar-refractivity contribution < 1.29 is 24.5 Å². The molecule has 0 bridgehead atoms. The lowest BCUT2D eigenvalue weighted by molar-refractivity contribution is -0.137. The molecule has 3 aromatic rings. The molecule has 1 fully saturated rings. The Bertz CT molecular complexity index is 1280. The van der Waals surface area contributed by atoms with Crippen molar-refractivity contribution in [2.75, 3.05) is 20.7 Å². The molecule has 0 saturated carbocycles. The molecule has 8 nitrogen and oxygen atoms in total. The van der Waals surface area contributed by atoms with Gasteiger partial charge in [0.05, 0.1) is 12.6 Å². The van der Waals surface area contributed by atoms with Gasteiger partial charge in [-0.25, -0.2) is 14.8 Å². The van der Waals surface area contributed by atoms with E-state index in [1.807, 2.05) is 0 Å². The van der Waals surface area contributed by atoms with Crippen LogP contribution in [0.15, 0.2) is 42.5 Å². The zero-order valence-electron chi connectivity index (χ0n) is 16.9. The zero-order valence-corrected chi connectivity index (χ0v) is 16.9. The Morgan fingerprint density at radius 2 is 2.03 bits per heavy atom. The van der Waals surface area contributed by atoms with Gasteiger partial charge in [0.25, 0.3) is 5.91 Å². The predicted molar refractivity (Wildman–Crippen MR) is 113 cm³/mol. The number of likely N-dealkylation sites (tertiary alicyclic amines) is 1. The van der Waals surface area contributed by atoms with Crippen LogP contribution in [0.5, 0.6) is 5.75 Å². The first-order valence-electron chi connectivity index (χ1n) is 9.51. The van der Waals surface area contributed by atoms with Gasteiger partial charge in [0.2, 0.25) is 5.60 Å². The van der Waals surface area contributed by atoms with Gasteiger partial charge in [0, 0.05) is 36.5 Å². The molecule has 2 aromatic carbocycles. The summed E-state index contributed by atoms with van der Waals surface area (Å²) in [5.41, 5.74) is -0.255. The maximum Gasteiger partial charge on any atom is 0.355 e. The van der Waals surface area contributed by atoms with Gasteiger partial charge >= 0.3 is 5.97 Å². The Balaban J connectivity index is 1.75. The quantitative estimate of drug-likeness (QED) is 0.626. The second-order valence-corrected chi connectivity index (χ2v) is 7.25. The van der Waals surface area contributed by atoms with Crippen molar-refractivity contribution in [2.24, 2.45) is 0 Å². The molecule has 1 amide bonds. The van der Waals surface area contributed by atoms with Crippen molar-refractivity contribution in [1.82, 2.24) is 14.9 Å². The van der Waals surface area contributed by atoms with Crippen LogP contribution in [0.25, 0.3) is 22.3 Å². The van der Waals surface area contributed by atoms with Crippen LogP contribution in [-0.4, -0.2) is 63.3 Å². The molecule has 0 spiro atoms. The number of aromatic nitrogens is 2. The summed E-state index contributed by atoms with van der Waals surface area (Å²) in [6.07, 6.45) is 0.244. The predicted octanol–water partition coefficient (Wildman–Crippen LogP) is 1.95. The second kappa shape index (κ2) is 7.70. The van der Waals surface area contributed by atoms with Crippen LogP contribution in [-0.2, 0) is 4.79 Å². The number of hydrogen-bond acceptors (Lipinski definition) is 6. The van der Waals surface area contributed by atoms with Gasteiger partial charge in [-0.15, -0.1) is 0 Å². The van der Waals surface area contributed by atoms with Crippen LogP contribution < -0.4 is 4.74 Å². The molecule has 8 heteroatoms. The summed E-state index contributed by atoms with van der Waals surface area (Å²) < 4.78 is 5.17. The molecule has 156 valence electrons. The molecule has 1 aromatic heterocycles. The molecule has 0 aliphatic carbocycles. The summed E-state index contributed by atoms with van der Waals surface area (Å²) in [7, 11) is 3.12.